The van der Waals surface area contributed by atoms with Crippen LogP contribution in [0.5, 0.6) is 0 Å². The maximum atomic E-state index is 9.06. The fourth-order valence-corrected chi connectivity index (χ4v) is 1.90. The van der Waals surface area contributed by atoms with Gasteiger partial charge >= 0.3 is 7.12 Å². The van der Waals surface area contributed by atoms with Crippen molar-refractivity contribution in [2.75, 3.05) is 6.54 Å². The molecule has 1 aromatic rings. The molecule has 0 atom stereocenters. The first kappa shape index (κ1) is 10.4. The Morgan fingerprint density at radius 2 is 2.13 bits per heavy atom. The van der Waals surface area contributed by atoms with E-state index in [-0.39, 0.29) is 0 Å². The predicted octanol–water partition coefficient (Wildman–Crippen LogP) is 0.139. The highest BCUT2D eigenvalue weighted by Crippen LogP contribution is 2.26. The maximum absolute atomic E-state index is 9.06. The minimum atomic E-state index is -1.34. The summed E-state index contributed by atoms with van der Waals surface area (Å²) in [5.41, 5.74) is 9.58. The molecule has 15 heavy (non-hydrogen) atoms. The van der Waals surface area contributed by atoms with E-state index in [1.165, 1.54) is 5.56 Å². The molecule has 1 aliphatic rings. The van der Waals surface area contributed by atoms with Gasteiger partial charge in [0.15, 0.2) is 0 Å². The first-order chi connectivity index (χ1) is 7.20. The Bertz CT molecular complexity index is 402. The van der Waals surface area contributed by atoms with Crippen LogP contribution in [-0.4, -0.2) is 23.7 Å². The van der Waals surface area contributed by atoms with Gasteiger partial charge in [-0.3, -0.25) is 0 Å². The van der Waals surface area contributed by atoms with Gasteiger partial charge in [0.1, 0.15) is 0 Å². The smallest absolute Gasteiger partial charge is 0.423 e. The molecule has 0 unspecified atom stereocenters. The second-order valence-electron chi connectivity index (χ2n) is 3.84. The summed E-state index contributed by atoms with van der Waals surface area (Å²) < 4.78 is 0. The van der Waals surface area contributed by atoms with E-state index >= 15 is 0 Å². The first-order valence-corrected chi connectivity index (χ1v) is 5.09. The second kappa shape index (κ2) is 4.19. The van der Waals surface area contributed by atoms with Crippen molar-refractivity contribution in [1.82, 2.24) is 0 Å². The Balaban J connectivity index is 2.26. The minimum absolute atomic E-state index is 0.635. The van der Waals surface area contributed by atoms with Crippen LogP contribution >= 0.6 is 0 Å². The number of nitrogens with two attached hydrogens (primary N) is 1. The third kappa shape index (κ3) is 2.12. The molecule has 0 aromatic heterocycles. The number of rotatable bonds is 3. The monoisotopic (exact) mass is 203 g/mol. The van der Waals surface area contributed by atoms with E-state index in [1.807, 2.05) is 18.2 Å². The van der Waals surface area contributed by atoms with E-state index in [2.05, 4.69) is 6.07 Å². The van der Waals surface area contributed by atoms with Gasteiger partial charge in [-0.25, -0.2) is 0 Å². The summed E-state index contributed by atoms with van der Waals surface area (Å²) in [6.07, 6.45) is 3.34. The van der Waals surface area contributed by atoms with Crippen LogP contribution in [0, 0.1) is 0 Å². The zero-order valence-corrected chi connectivity index (χ0v) is 8.48. The van der Waals surface area contributed by atoms with Crippen LogP contribution in [0.4, 0.5) is 0 Å². The molecule has 0 fully saturated rings. The maximum Gasteiger partial charge on any atom is 0.484 e. The summed E-state index contributed by atoms with van der Waals surface area (Å²) in [4.78, 5) is 0. The van der Waals surface area contributed by atoms with Gasteiger partial charge in [-0.2, -0.15) is 0 Å². The van der Waals surface area contributed by atoms with Crippen molar-refractivity contribution in [3.63, 3.8) is 0 Å². The van der Waals surface area contributed by atoms with E-state index in [1.54, 1.807) is 0 Å². The largest absolute Gasteiger partial charge is 0.484 e. The third-order valence-corrected chi connectivity index (χ3v) is 2.71. The van der Waals surface area contributed by atoms with Crippen LogP contribution in [0.3, 0.4) is 0 Å². The minimum Gasteiger partial charge on any atom is -0.423 e. The van der Waals surface area contributed by atoms with E-state index in [9.17, 15) is 0 Å². The summed E-state index contributed by atoms with van der Waals surface area (Å²) in [5, 5.41) is 18.1. The molecule has 0 bridgehead atoms. The number of hydrogen-bond donors (Lipinski definition) is 3. The summed E-state index contributed by atoms with van der Waals surface area (Å²) in [7, 11) is -1.34. The van der Waals surface area contributed by atoms with Gasteiger partial charge in [-0.1, -0.05) is 24.3 Å². The zero-order valence-electron chi connectivity index (χ0n) is 8.48. The molecular formula is C11H14BNO2. The van der Waals surface area contributed by atoms with Crippen molar-refractivity contribution in [3.8, 4) is 0 Å². The molecule has 0 spiro atoms. The summed E-state index contributed by atoms with van der Waals surface area (Å²) in [6.45, 7) is 0.637. The van der Waals surface area contributed by atoms with Gasteiger partial charge in [0.2, 0.25) is 0 Å². The molecule has 2 rings (SSSR count). The third-order valence-electron chi connectivity index (χ3n) is 2.71. The van der Waals surface area contributed by atoms with E-state index in [4.69, 9.17) is 15.8 Å². The van der Waals surface area contributed by atoms with Gasteiger partial charge in [0.05, 0.1) is 0 Å². The Morgan fingerprint density at radius 3 is 2.80 bits per heavy atom. The number of benzene rings is 1. The van der Waals surface area contributed by atoms with Gasteiger partial charge < -0.3 is 15.8 Å². The van der Waals surface area contributed by atoms with E-state index in [0.29, 0.717) is 18.4 Å². The average Bonchev–Trinajstić information content (AvgIpc) is 2.61. The van der Waals surface area contributed by atoms with Crippen LogP contribution in [-0.2, 0) is 12.8 Å². The van der Waals surface area contributed by atoms with Crippen molar-refractivity contribution in [3.05, 3.63) is 40.4 Å². The fourth-order valence-electron chi connectivity index (χ4n) is 1.90. The zero-order chi connectivity index (χ0) is 10.8. The quantitative estimate of drug-likeness (QED) is 0.612. The van der Waals surface area contributed by atoms with E-state index < -0.39 is 7.12 Å². The van der Waals surface area contributed by atoms with Crippen LogP contribution in [0.15, 0.2) is 23.7 Å². The molecule has 4 heteroatoms. The lowest BCUT2D eigenvalue weighted by Crippen LogP contribution is -2.14. The lowest BCUT2D eigenvalue weighted by Gasteiger charge is -2.02. The van der Waals surface area contributed by atoms with Gasteiger partial charge in [0, 0.05) is 0 Å². The highest BCUT2D eigenvalue weighted by molar-refractivity contribution is 6.52. The molecule has 0 saturated heterocycles. The Hall–Kier alpha value is -1.10. The van der Waals surface area contributed by atoms with Gasteiger partial charge in [0.25, 0.3) is 0 Å². The summed E-state index contributed by atoms with van der Waals surface area (Å²) in [5.74, 6) is 0. The summed E-state index contributed by atoms with van der Waals surface area (Å²) >= 11 is 0. The Morgan fingerprint density at radius 1 is 1.33 bits per heavy atom. The van der Waals surface area contributed by atoms with Crippen molar-refractivity contribution < 1.29 is 10.0 Å². The molecule has 4 N–H and O–H groups in total. The van der Waals surface area contributed by atoms with Crippen molar-refractivity contribution in [2.45, 2.75) is 12.8 Å². The highest BCUT2D eigenvalue weighted by Gasteiger charge is 2.21. The van der Waals surface area contributed by atoms with Crippen molar-refractivity contribution in [2.24, 2.45) is 5.73 Å². The molecule has 0 radical (unpaired) electrons. The first-order valence-electron chi connectivity index (χ1n) is 5.09. The molecule has 0 heterocycles. The van der Waals surface area contributed by atoms with E-state index in [0.717, 1.165) is 17.5 Å². The lowest BCUT2D eigenvalue weighted by molar-refractivity contribution is 0.418. The predicted molar refractivity (Wildman–Crippen MR) is 61.1 cm³/mol. The molecule has 0 saturated carbocycles. The summed E-state index contributed by atoms with van der Waals surface area (Å²) in [6, 6.07) is 6.15. The van der Waals surface area contributed by atoms with Crippen LogP contribution in [0.1, 0.15) is 16.7 Å². The van der Waals surface area contributed by atoms with Crippen LogP contribution < -0.4 is 5.73 Å². The van der Waals surface area contributed by atoms with Gasteiger partial charge in [-0.05, 0) is 41.5 Å². The second-order valence-corrected chi connectivity index (χ2v) is 3.84. The molecule has 78 valence electrons. The Kier molecular flexibility index (Phi) is 2.91. The van der Waals surface area contributed by atoms with Crippen LogP contribution in [0.25, 0.3) is 6.08 Å². The van der Waals surface area contributed by atoms with Crippen LogP contribution in [0.2, 0.25) is 0 Å². The number of allylic oxidation sites excluding steroid dienone is 1. The van der Waals surface area contributed by atoms with Crippen molar-refractivity contribution in [1.29, 1.82) is 0 Å². The molecule has 1 aliphatic carbocycles. The molecule has 1 aromatic carbocycles. The average molecular weight is 203 g/mol. The molecule has 3 nitrogen and oxygen atoms in total. The standard InChI is InChI=1S/C11H14BNO2/c13-4-3-8-1-2-9-6-11(12(14)15)7-10(9)5-8/h1-2,5,7,14-15H,3-4,6,13H2. The molecule has 0 aliphatic heterocycles. The normalized spacial score (nSPS) is 13.7. The van der Waals surface area contributed by atoms with Gasteiger partial charge in [-0.15, -0.1) is 0 Å². The fraction of sp³-hybridized carbons (Fsp3) is 0.273. The molecular weight excluding hydrogens is 189 g/mol. The Labute approximate surface area is 89.4 Å². The molecule has 0 amide bonds. The number of hydrogen-bond acceptors (Lipinski definition) is 3. The van der Waals surface area contributed by atoms with Crippen molar-refractivity contribution >= 4 is 13.2 Å². The lowest BCUT2D eigenvalue weighted by atomic mass is 9.78. The topological polar surface area (TPSA) is 66.5 Å². The SMILES string of the molecule is NCCc1ccc2c(c1)C=C(B(O)O)C2. The number of fused-ring (bicyclic) bond motifs is 1. The highest BCUT2D eigenvalue weighted by atomic mass is 16.4.